The molecule has 0 radical (unpaired) electrons. The van der Waals surface area contributed by atoms with Crippen molar-refractivity contribution in [3.05, 3.63) is 47.5 Å². The molecule has 1 saturated heterocycles. The molecule has 1 aliphatic heterocycles. The molecule has 2 amide bonds. The standard InChI is InChI=1S/C19H22N2O3/c1-13-5-7-17(22)15(11-13)20-9-4-10-21(19(20)23)16-12-14(2)6-8-18(16)24-3/h5-8,11-12,22H,4,9-10H2,1-3H3. The highest BCUT2D eigenvalue weighted by Gasteiger charge is 2.31. The van der Waals surface area contributed by atoms with E-state index < -0.39 is 0 Å². The molecule has 1 fully saturated rings. The molecule has 0 atom stereocenters. The molecule has 0 aliphatic carbocycles. The van der Waals surface area contributed by atoms with Gasteiger partial charge in [-0.15, -0.1) is 0 Å². The Labute approximate surface area is 142 Å². The lowest BCUT2D eigenvalue weighted by atomic mass is 10.1. The van der Waals surface area contributed by atoms with E-state index in [1.807, 2.05) is 44.2 Å². The Bertz CT molecular complexity index is 773. The van der Waals surface area contributed by atoms with Gasteiger partial charge in [0, 0.05) is 13.1 Å². The van der Waals surface area contributed by atoms with Crippen molar-refractivity contribution in [1.82, 2.24) is 0 Å². The summed E-state index contributed by atoms with van der Waals surface area (Å²) in [5.41, 5.74) is 3.38. The number of benzene rings is 2. The fraction of sp³-hybridized carbons (Fsp3) is 0.316. The topological polar surface area (TPSA) is 53.0 Å². The third-order valence-corrected chi connectivity index (χ3v) is 4.27. The monoisotopic (exact) mass is 326 g/mol. The number of ether oxygens (including phenoxy) is 1. The maximum atomic E-state index is 13.1. The molecule has 0 unspecified atom stereocenters. The van der Waals surface area contributed by atoms with Crippen LogP contribution < -0.4 is 14.5 Å². The van der Waals surface area contributed by atoms with Gasteiger partial charge >= 0.3 is 6.03 Å². The lowest BCUT2D eigenvalue weighted by molar-refractivity contribution is 0.248. The van der Waals surface area contributed by atoms with Crippen molar-refractivity contribution >= 4 is 17.4 Å². The normalized spacial score (nSPS) is 14.9. The van der Waals surface area contributed by atoms with Gasteiger partial charge in [-0.25, -0.2) is 4.79 Å². The molecular weight excluding hydrogens is 304 g/mol. The minimum atomic E-state index is -0.147. The van der Waals surface area contributed by atoms with E-state index in [0.717, 1.165) is 23.2 Å². The van der Waals surface area contributed by atoms with Gasteiger partial charge in [-0.3, -0.25) is 9.80 Å². The second-order valence-corrected chi connectivity index (χ2v) is 6.11. The number of anilines is 2. The van der Waals surface area contributed by atoms with Crippen molar-refractivity contribution in [2.75, 3.05) is 30.0 Å². The SMILES string of the molecule is COc1ccc(C)cc1N1CCCN(c2cc(C)ccc2O)C1=O. The van der Waals surface area contributed by atoms with Crippen LogP contribution in [0.3, 0.4) is 0 Å². The summed E-state index contributed by atoms with van der Waals surface area (Å²) in [4.78, 5) is 16.4. The van der Waals surface area contributed by atoms with Gasteiger partial charge in [0.05, 0.1) is 18.5 Å². The lowest BCUT2D eigenvalue weighted by Crippen LogP contribution is -2.49. The largest absolute Gasteiger partial charge is 0.506 e. The molecule has 5 nitrogen and oxygen atoms in total. The Morgan fingerprint density at radius 3 is 2.21 bits per heavy atom. The summed E-state index contributed by atoms with van der Waals surface area (Å²) in [6.07, 6.45) is 0.816. The zero-order valence-corrected chi connectivity index (χ0v) is 14.2. The number of hydrogen-bond donors (Lipinski definition) is 1. The summed E-state index contributed by atoms with van der Waals surface area (Å²) in [5.74, 6) is 0.788. The Morgan fingerprint density at radius 2 is 1.54 bits per heavy atom. The number of nitrogens with zero attached hydrogens (tertiary/aromatic N) is 2. The predicted octanol–water partition coefficient (Wildman–Crippen LogP) is 3.85. The first-order valence-corrected chi connectivity index (χ1v) is 8.04. The summed E-state index contributed by atoms with van der Waals surface area (Å²) < 4.78 is 5.42. The molecular formula is C19H22N2O3. The number of carbonyl (C=O) groups excluding carboxylic acids is 1. The van der Waals surface area contributed by atoms with Crippen molar-refractivity contribution in [3.63, 3.8) is 0 Å². The van der Waals surface area contributed by atoms with Crippen molar-refractivity contribution in [2.24, 2.45) is 0 Å². The van der Waals surface area contributed by atoms with Gasteiger partial charge in [0.25, 0.3) is 0 Å². The molecule has 0 spiro atoms. The van der Waals surface area contributed by atoms with E-state index >= 15 is 0 Å². The molecule has 2 aromatic carbocycles. The van der Waals surface area contributed by atoms with Gasteiger partial charge in [0.1, 0.15) is 11.5 Å². The second-order valence-electron chi connectivity index (χ2n) is 6.11. The number of hydrogen-bond acceptors (Lipinski definition) is 3. The Balaban J connectivity index is 1.99. The van der Waals surface area contributed by atoms with Crippen molar-refractivity contribution in [3.8, 4) is 11.5 Å². The zero-order valence-electron chi connectivity index (χ0n) is 14.2. The molecule has 5 heteroatoms. The van der Waals surface area contributed by atoms with E-state index in [4.69, 9.17) is 4.74 Å². The van der Waals surface area contributed by atoms with Crippen LogP contribution in [0.5, 0.6) is 11.5 Å². The average molecular weight is 326 g/mol. The van der Waals surface area contributed by atoms with Crippen LogP contribution in [0.1, 0.15) is 17.5 Å². The van der Waals surface area contributed by atoms with Crippen molar-refractivity contribution in [1.29, 1.82) is 0 Å². The predicted molar refractivity (Wildman–Crippen MR) is 95.3 cm³/mol. The summed E-state index contributed by atoms with van der Waals surface area (Å²) in [6.45, 7) is 5.14. The molecule has 126 valence electrons. The lowest BCUT2D eigenvalue weighted by Gasteiger charge is -2.36. The number of phenolic OH excluding ortho intramolecular Hbond substituents is 1. The number of urea groups is 1. The van der Waals surface area contributed by atoms with Crippen LogP contribution in [-0.4, -0.2) is 31.3 Å². The van der Waals surface area contributed by atoms with Gasteiger partial charge in [0.2, 0.25) is 0 Å². The van der Waals surface area contributed by atoms with E-state index in [0.29, 0.717) is 24.5 Å². The summed E-state index contributed by atoms with van der Waals surface area (Å²) >= 11 is 0. The second kappa shape index (κ2) is 6.43. The van der Waals surface area contributed by atoms with E-state index in [9.17, 15) is 9.90 Å². The number of aromatic hydroxyl groups is 1. The number of phenols is 1. The van der Waals surface area contributed by atoms with Crippen molar-refractivity contribution < 1.29 is 14.6 Å². The fourth-order valence-corrected chi connectivity index (χ4v) is 3.03. The molecule has 24 heavy (non-hydrogen) atoms. The minimum Gasteiger partial charge on any atom is -0.506 e. The van der Waals surface area contributed by atoms with Gasteiger partial charge in [-0.05, 0) is 55.7 Å². The van der Waals surface area contributed by atoms with E-state index in [1.54, 1.807) is 23.0 Å². The Kier molecular flexibility index (Phi) is 4.34. The Hall–Kier alpha value is -2.69. The number of amides is 2. The number of methoxy groups -OCH3 is 1. The first-order valence-electron chi connectivity index (χ1n) is 8.04. The Morgan fingerprint density at radius 1 is 0.958 bits per heavy atom. The van der Waals surface area contributed by atoms with Crippen LogP contribution in [0, 0.1) is 13.8 Å². The van der Waals surface area contributed by atoms with Crippen LogP contribution in [0.2, 0.25) is 0 Å². The number of rotatable bonds is 3. The molecule has 0 aromatic heterocycles. The fourth-order valence-electron chi connectivity index (χ4n) is 3.03. The van der Waals surface area contributed by atoms with Crippen LogP contribution in [0.25, 0.3) is 0 Å². The first-order chi connectivity index (χ1) is 11.5. The van der Waals surface area contributed by atoms with Gasteiger partial charge in [-0.2, -0.15) is 0 Å². The highest BCUT2D eigenvalue weighted by atomic mass is 16.5. The molecule has 0 bridgehead atoms. The average Bonchev–Trinajstić information content (AvgIpc) is 2.57. The van der Waals surface area contributed by atoms with E-state index in [2.05, 4.69) is 0 Å². The highest BCUT2D eigenvalue weighted by molar-refractivity contribution is 6.06. The van der Waals surface area contributed by atoms with Gasteiger partial charge in [0.15, 0.2) is 0 Å². The third kappa shape index (κ3) is 2.89. The van der Waals surface area contributed by atoms with Crippen molar-refractivity contribution in [2.45, 2.75) is 20.3 Å². The zero-order chi connectivity index (χ0) is 17.3. The van der Waals surface area contributed by atoms with E-state index in [1.165, 1.54) is 0 Å². The van der Waals surface area contributed by atoms with E-state index in [-0.39, 0.29) is 11.8 Å². The van der Waals surface area contributed by atoms with Crippen LogP contribution in [0.4, 0.5) is 16.2 Å². The number of aryl methyl sites for hydroxylation is 2. The molecule has 1 N–H and O–H groups in total. The highest BCUT2D eigenvalue weighted by Crippen LogP contribution is 2.35. The smallest absolute Gasteiger partial charge is 0.329 e. The van der Waals surface area contributed by atoms with Gasteiger partial charge < -0.3 is 9.84 Å². The van der Waals surface area contributed by atoms with Crippen LogP contribution in [-0.2, 0) is 0 Å². The van der Waals surface area contributed by atoms with Crippen LogP contribution in [0.15, 0.2) is 36.4 Å². The maximum absolute atomic E-state index is 13.1. The molecule has 2 aromatic rings. The number of carbonyl (C=O) groups is 1. The molecule has 3 rings (SSSR count). The van der Waals surface area contributed by atoms with Crippen LogP contribution >= 0.6 is 0 Å². The summed E-state index contributed by atoms with van der Waals surface area (Å²) in [6, 6.07) is 10.9. The summed E-state index contributed by atoms with van der Waals surface area (Å²) in [5, 5.41) is 10.2. The summed E-state index contributed by atoms with van der Waals surface area (Å²) in [7, 11) is 1.60. The first kappa shape index (κ1) is 16.2. The van der Waals surface area contributed by atoms with Gasteiger partial charge in [-0.1, -0.05) is 12.1 Å². The minimum absolute atomic E-state index is 0.118. The third-order valence-electron chi connectivity index (χ3n) is 4.27. The molecule has 1 heterocycles. The maximum Gasteiger partial charge on any atom is 0.329 e. The molecule has 0 saturated carbocycles. The molecule has 1 aliphatic rings. The quantitative estimate of drug-likeness (QED) is 0.932.